The van der Waals surface area contributed by atoms with E-state index >= 15 is 0 Å². The van der Waals surface area contributed by atoms with E-state index < -0.39 is 35.9 Å². The Kier molecular flexibility index (Phi) is 31.3. The van der Waals surface area contributed by atoms with E-state index in [0.29, 0.717) is 29.5 Å². The van der Waals surface area contributed by atoms with Crippen molar-refractivity contribution in [2.45, 2.75) is 324 Å². The highest BCUT2D eigenvalue weighted by atomic mass is 16.8. The van der Waals surface area contributed by atoms with Crippen LogP contribution < -0.4 is 0 Å². The molecule has 0 saturated heterocycles. The van der Waals surface area contributed by atoms with Crippen LogP contribution in [0.1, 0.15) is 306 Å². The predicted octanol–water partition coefficient (Wildman–Crippen LogP) is 17.4. The minimum absolute atomic E-state index is 0.125. The molecule has 78 heavy (non-hydrogen) atoms. The predicted molar refractivity (Wildman–Crippen MR) is 308 cm³/mol. The first-order valence-electron chi connectivity index (χ1n) is 32.5. The lowest BCUT2D eigenvalue weighted by atomic mass is 9.44. The lowest BCUT2D eigenvalue weighted by Gasteiger charge is -2.61. The minimum Gasteiger partial charge on any atom is -0.462 e. The normalized spacial score (nSPS) is 25.0. The molecule has 4 saturated carbocycles. The molecule has 0 radical (unpaired) electrons. The van der Waals surface area contributed by atoms with Crippen molar-refractivity contribution in [1.29, 1.82) is 0 Å². The van der Waals surface area contributed by atoms with Crippen LogP contribution in [0, 0.1) is 45.8 Å². The fourth-order valence-corrected chi connectivity index (χ4v) is 14.8. The average Bonchev–Trinajstić information content (AvgIpc) is 3.95. The molecule has 0 N–H and O–H groups in total. The van der Waals surface area contributed by atoms with Gasteiger partial charge in [-0.3, -0.25) is 24.0 Å². The van der Waals surface area contributed by atoms with Gasteiger partial charge in [0.2, 0.25) is 6.29 Å². The lowest BCUT2D eigenvalue weighted by Crippen LogP contribution is -2.54. The van der Waals surface area contributed by atoms with Gasteiger partial charge in [-0.15, -0.1) is 0 Å². The van der Waals surface area contributed by atoms with E-state index in [4.69, 9.17) is 28.4 Å². The molecule has 12 heteroatoms. The number of rotatable bonds is 41. The summed E-state index contributed by atoms with van der Waals surface area (Å²) in [6, 6.07) is 0. The smallest absolute Gasteiger partial charge is 0.462 e. The molecule has 0 bridgehead atoms. The van der Waals surface area contributed by atoms with Crippen LogP contribution in [0.2, 0.25) is 0 Å². The third-order valence-corrected chi connectivity index (χ3v) is 19.3. The molecule has 0 heterocycles. The molecule has 0 amide bonds. The summed E-state index contributed by atoms with van der Waals surface area (Å²) in [7, 11) is 0. The first kappa shape index (κ1) is 67.3. The van der Waals surface area contributed by atoms with Crippen molar-refractivity contribution < 1.29 is 57.2 Å². The number of fused-ring (bicyclic) bond motifs is 5. The van der Waals surface area contributed by atoms with Gasteiger partial charge in [0.1, 0.15) is 25.1 Å². The highest BCUT2D eigenvalue weighted by Gasteiger charge is 2.61. The average molecular weight is 1100 g/mol. The van der Waals surface area contributed by atoms with Crippen molar-refractivity contribution in [3.05, 3.63) is 0 Å². The summed E-state index contributed by atoms with van der Waals surface area (Å²) in [5.74, 6) is 0.838. The van der Waals surface area contributed by atoms with Gasteiger partial charge in [-0.05, 0) is 117 Å². The number of esters is 4. The molecule has 0 aromatic heterocycles. The second-order valence-electron chi connectivity index (χ2n) is 26.4. The van der Waals surface area contributed by atoms with E-state index in [1.807, 2.05) is 0 Å². The number of ether oxygens (including phenoxy) is 6. The standard InChI is InChI=1S/C66H114O12/c1-9-11-13-15-17-19-21-23-25-27-29-31-33-35-59(68)73-48-54(49-74-60(69)36-34-32-30-28-26-24-22-20-18-16-14-12-10-2)77-62(71)47-64(5,6)46-61(70)75-51(4)76-63(72)78-53-41-43-65(7)52(45-53)37-38-55-57-40-39-56(50(3)67)66(57,8)44-42-58(55)65/h51-58H,9-49H2,1-8H3/t51?,52-,53-,55-,56+,57-,58-,65-,66+/m0/s1. The van der Waals surface area contributed by atoms with Crippen molar-refractivity contribution in [1.82, 2.24) is 0 Å². The van der Waals surface area contributed by atoms with Crippen LogP contribution >= 0.6 is 0 Å². The zero-order chi connectivity index (χ0) is 56.8. The third-order valence-electron chi connectivity index (χ3n) is 19.3. The Morgan fingerprint density at radius 1 is 0.500 bits per heavy atom. The molecule has 0 aromatic rings. The Bertz CT molecular complexity index is 1720. The van der Waals surface area contributed by atoms with Gasteiger partial charge in [0.05, 0.1) is 12.8 Å². The monoisotopic (exact) mass is 1100 g/mol. The zero-order valence-electron chi connectivity index (χ0n) is 51.0. The van der Waals surface area contributed by atoms with Gasteiger partial charge < -0.3 is 28.4 Å². The maximum atomic E-state index is 13.4. The van der Waals surface area contributed by atoms with E-state index in [-0.39, 0.29) is 73.7 Å². The van der Waals surface area contributed by atoms with E-state index in [1.54, 1.807) is 20.8 Å². The SMILES string of the molecule is CCCCCCCCCCCCCCCC(=O)OCC(COC(=O)CCCCCCCCCCCCCCC)OC(=O)CC(C)(C)CC(=O)OC(C)OC(=O)O[C@H]1CC[C@@]2(C)[C@@H](CC[C@@H]3[C@@H]2CC[C@]2(C)[C@@H](C(C)=O)CC[C@@H]32)C1. The summed E-state index contributed by atoms with van der Waals surface area (Å²) in [6.45, 7) is 15.6. The summed E-state index contributed by atoms with van der Waals surface area (Å²) < 4.78 is 33.7. The van der Waals surface area contributed by atoms with Crippen molar-refractivity contribution in [3.63, 3.8) is 0 Å². The Morgan fingerprint density at radius 3 is 1.41 bits per heavy atom. The van der Waals surface area contributed by atoms with Gasteiger partial charge >= 0.3 is 30.0 Å². The quantitative estimate of drug-likeness (QED) is 0.0247. The number of unbranched alkanes of at least 4 members (excludes halogenated alkanes) is 24. The molecule has 4 aliphatic carbocycles. The summed E-state index contributed by atoms with van der Waals surface area (Å²) in [4.78, 5) is 77.9. The molecule has 450 valence electrons. The molecule has 0 aliphatic heterocycles. The van der Waals surface area contributed by atoms with Gasteiger partial charge in [0.25, 0.3) is 0 Å². The Morgan fingerprint density at radius 2 is 0.936 bits per heavy atom. The summed E-state index contributed by atoms with van der Waals surface area (Å²) >= 11 is 0. The van der Waals surface area contributed by atoms with Crippen LogP contribution in [0.4, 0.5) is 4.79 Å². The van der Waals surface area contributed by atoms with E-state index in [2.05, 4.69) is 27.7 Å². The van der Waals surface area contributed by atoms with Crippen molar-refractivity contribution in [2.75, 3.05) is 13.2 Å². The topological polar surface area (TPSA) is 158 Å². The van der Waals surface area contributed by atoms with Crippen LogP contribution in [0.25, 0.3) is 0 Å². The van der Waals surface area contributed by atoms with Crippen LogP contribution in [-0.2, 0) is 52.4 Å². The van der Waals surface area contributed by atoms with Gasteiger partial charge in [-0.1, -0.05) is 196 Å². The van der Waals surface area contributed by atoms with Gasteiger partial charge in [-0.25, -0.2) is 4.79 Å². The molecule has 1 unspecified atom stereocenters. The fourth-order valence-electron chi connectivity index (χ4n) is 14.8. The number of carbonyl (C=O) groups excluding carboxylic acids is 6. The van der Waals surface area contributed by atoms with E-state index in [0.717, 1.165) is 103 Å². The first-order valence-corrected chi connectivity index (χ1v) is 32.5. The van der Waals surface area contributed by atoms with E-state index in [1.165, 1.54) is 129 Å². The second kappa shape index (κ2) is 36.3. The van der Waals surface area contributed by atoms with Gasteiger partial charge in [-0.2, -0.15) is 0 Å². The summed E-state index contributed by atoms with van der Waals surface area (Å²) in [5, 5.41) is 0. The number of hydrogen-bond donors (Lipinski definition) is 0. The van der Waals surface area contributed by atoms with Crippen molar-refractivity contribution in [2.24, 2.45) is 45.8 Å². The van der Waals surface area contributed by atoms with Crippen molar-refractivity contribution in [3.8, 4) is 0 Å². The highest BCUT2D eigenvalue weighted by molar-refractivity contribution is 5.79. The fraction of sp³-hybridized carbons (Fsp3) is 0.909. The number of Topliss-reactive ketones (excluding diaryl/α,β-unsaturated/α-hetero) is 1. The number of carbonyl (C=O) groups is 6. The Balaban J connectivity index is 1.15. The lowest BCUT2D eigenvalue weighted by molar-refractivity contribution is -0.175. The minimum atomic E-state index is -1.20. The molecule has 9 atom stereocenters. The first-order chi connectivity index (χ1) is 37.4. The maximum absolute atomic E-state index is 13.4. The summed E-state index contributed by atoms with van der Waals surface area (Å²) in [5.41, 5.74) is -0.603. The molecule has 0 aromatic carbocycles. The molecular weight excluding hydrogens is 985 g/mol. The van der Waals surface area contributed by atoms with Crippen LogP contribution in [-0.4, -0.2) is 67.5 Å². The summed E-state index contributed by atoms with van der Waals surface area (Å²) in [6.07, 6.45) is 37.5. The van der Waals surface area contributed by atoms with Crippen LogP contribution in [0.3, 0.4) is 0 Å². The Labute approximate surface area is 474 Å². The van der Waals surface area contributed by atoms with Gasteiger partial charge in [0, 0.05) is 25.7 Å². The van der Waals surface area contributed by atoms with Crippen molar-refractivity contribution >= 4 is 35.8 Å². The molecule has 4 aliphatic rings. The Hall–Kier alpha value is -3.18. The number of ketones is 1. The second-order valence-corrected chi connectivity index (χ2v) is 26.4. The molecular formula is C66H114O12. The highest BCUT2D eigenvalue weighted by Crippen LogP contribution is 2.67. The number of hydrogen-bond acceptors (Lipinski definition) is 12. The van der Waals surface area contributed by atoms with E-state index in [9.17, 15) is 28.8 Å². The van der Waals surface area contributed by atoms with Gasteiger partial charge in [0.15, 0.2) is 6.10 Å². The molecule has 0 spiro atoms. The molecule has 4 fully saturated rings. The third kappa shape index (κ3) is 24.1. The van der Waals surface area contributed by atoms with Crippen LogP contribution in [0.15, 0.2) is 0 Å². The van der Waals surface area contributed by atoms with Crippen LogP contribution in [0.5, 0.6) is 0 Å². The molecule has 12 nitrogen and oxygen atoms in total. The maximum Gasteiger partial charge on any atom is 0.511 e. The largest absolute Gasteiger partial charge is 0.511 e. The zero-order valence-corrected chi connectivity index (χ0v) is 51.0. The molecule has 4 rings (SSSR count).